The Labute approximate surface area is 162 Å². The van der Waals surface area contributed by atoms with E-state index in [1.807, 2.05) is 6.92 Å². The van der Waals surface area contributed by atoms with Crippen LogP contribution in [0.1, 0.15) is 6.92 Å². The van der Waals surface area contributed by atoms with Crippen molar-refractivity contribution in [2.45, 2.75) is 6.92 Å². The van der Waals surface area contributed by atoms with E-state index in [0.717, 1.165) is 5.56 Å². The summed E-state index contributed by atoms with van der Waals surface area (Å²) < 4.78 is 16.1. The third kappa shape index (κ3) is 3.88. The van der Waals surface area contributed by atoms with Crippen LogP contribution in [0, 0.1) is 0 Å². The smallest absolute Gasteiger partial charge is 0.320 e. The standard InChI is InChI=1S/C19H21N5O4/c1-5-20-19(25)24-16-7-6-12-18(23-16)22-13(10-21-12)11-8-14(26-2)17(28-4)15(9-11)27-3/h6-10H,5H2,1-4H3,(H2,20,22,23,24,25). The SMILES string of the molecule is CCNC(=O)Nc1ccc2ncc(-c3cc(OC)c(OC)c(OC)c3)nc2n1. The molecule has 0 saturated carbocycles. The molecular formula is C19H21N5O4. The van der Waals surface area contributed by atoms with Crippen LogP contribution >= 0.6 is 0 Å². The van der Waals surface area contributed by atoms with Gasteiger partial charge in [-0.25, -0.2) is 14.8 Å². The van der Waals surface area contributed by atoms with Gasteiger partial charge in [0.15, 0.2) is 17.1 Å². The molecule has 9 nitrogen and oxygen atoms in total. The van der Waals surface area contributed by atoms with E-state index in [-0.39, 0.29) is 6.03 Å². The van der Waals surface area contributed by atoms with Crippen molar-refractivity contribution in [3.8, 4) is 28.5 Å². The molecule has 0 saturated heterocycles. The number of benzene rings is 1. The fourth-order valence-corrected chi connectivity index (χ4v) is 2.66. The van der Waals surface area contributed by atoms with Crippen LogP contribution in [-0.4, -0.2) is 48.9 Å². The van der Waals surface area contributed by atoms with Crippen molar-refractivity contribution in [3.05, 3.63) is 30.5 Å². The van der Waals surface area contributed by atoms with E-state index in [0.29, 0.717) is 46.5 Å². The van der Waals surface area contributed by atoms with E-state index in [9.17, 15) is 4.79 Å². The number of anilines is 1. The average molecular weight is 383 g/mol. The largest absolute Gasteiger partial charge is 0.493 e. The van der Waals surface area contributed by atoms with Crippen LogP contribution < -0.4 is 24.8 Å². The monoisotopic (exact) mass is 383 g/mol. The number of pyridine rings is 1. The number of hydrogen-bond acceptors (Lipinski definition) is 7. The van der Waals surface area contributed by atoms with Crippen LogP contribution in [0.3, 0.4) is 0 Å². The Morgan fingerprint density at radius 1 is 1.04 bits per heavy atom. The molecule has 2 N–H and O–H groups in total. The van der Waals surface area contributed by atoms with Gasteiger partial charge in [0.25, 0.3) is 0 Å². The number of nitrogens with zero attached hydrogens (tertiary/aromatic N) is 3. The highest BCUT2D eigenvalue weighted by atomic mass is 16.5. The lowest BCUT2D eigenvalue weighted by atomic mass is 10.1. The minimum absolute atomic E-state index is 0.330. The maximum atomic E-state index is 11.7. The van der Waals surface area contributed by atoms with Crippen molar-refractivity contribution in [2.24, 2.45) is 0 Å². The lowest BCUT2D eigenvalue weighted by molar-refractivity contribution is 0.252. The van der Waals surface area contributed by atoms with Crippen molar-refractivity contribution in [2.75, 3.05) is 33.2 Å². The maximum Gasteiger partial charge on any atom is 0.320 e. The molecule has 1 aromatic carbocycles. The zero-order valence-corrected chi connectivity index (χ0v) is 16.1. The molecule has 0 spiro atoms. The summed E-state index contributed by atoms with van der Waals surface area (Å²) in [5.41, 5.74) is 2.32. The van der Waals surface area contributed by atoms with Gasteiger partial charge < -0.3 is 19.5 Å². The third-order valence-corrected chi connectivity index (χ3v) is 3.95. The molecule has 0 aliphatic carbocycles. The van der Waals surface area contributed by atoms with Gasteiger partial charge in [-0.15, -0.1) is 0 Å². The van der Waals surface area contributed by atoms with Gasteiger partial charge in [-0.1, -0.05) is 0 Å². The Morgan fingerprint density at radius 3 is 2.36 bits per heavy atom. The Morgan fingerprint density at radius 2 is 1.75 bits per heavy atom. The first kappa shape index (κ1) is 19.2. The molecule has 2 heterocycles. The zero-order valence-electron chi connectivity index (χ0n) is 16.1. The topological polar surface area (TPSA) is 107 Å². The lowest BCUT2D eigenvalue weighted by Crippen LogP contribution is -2.28. The Hall–Kier alpha value is -3.62. The summed E-state index contributed by atoms with van der Waals surface area (Å²) in [5, 5.41) is 5.31. The first-order valence-electron chi connectivity index (χ1n) is 8.58. The summed E-state index contributed by atoms with van der Waals surface area (Å²) in [4.78, 5) is 25.0. The van der Waals surface area contributed by atoms with Crippen molar-refractivity contribution >= 4 is 23.0 Å². The number of aromatic nitrogens is 3. The molecule has 9 heteroatoms. The van der Waals surface area contributed by atoms with Gasteiger partial charge in [0, 0.05) is 12.1 Å². The van der Waals surface area contributed by atoms with Crippen molar-refractivity contribution in [1.29, 1.82) is 0 Å². The summed E-state index contributed by atoms with van der Waals surface area (Å²) in [6.45, 7) is 2.35. The number of hydrogen-bond donors (Lipinski definition) is 2. The molecule has 2 aromatic heterocycles. The van der Waals surface area contributed by atoms with Crippen LogP contribution in [-0.2, 0) is 0 Å². The summed E-state index contributed by atoms with van der Waals surface area (Å²) in [6.07, 6.45) is 1.64. The van der Waals surface area contributed by atoms with Gasteiger partial charge in [-0.2, -0.15) is 0 Å². The predicted molar refractivity (Wildman–Crippen MR) is 105 cm³/mol. The number of urea groups is 1. The van der Waals surface area contributed by atoms with Gasteiger partial charge in [0.05, 0.1) is 33.2 Å². The highest BCUT2D eigenvalue weighted by Crippen LogP contribution is 2.40. The predicted octanol–water partition coefficient (Wildman–Crippen LogP) is 2.86. The molecule has 3 aromatic rings. The van der Waals surface area contributed by atoms with E-state index in [2.05, 4.69) is 25.6 Å². The number of carbonyl (C=O) groups is 1. The number of amides is 2. The number of nitrogens with one attached hydrogen (secondary N) is 2. The summed E-state index contributed by atoms with van der Waals surface area (Å²) in [7, 11) is 4.64. The molecule has 3 rings (SSSR count). The van der Waals surface area contributed by atoms with E-state index in [1.165, 1.54) is 0 Å². The van der Waals surface area contributed by atoms with Crippen LogP contribution in [0.25, 0.3) is 22.4 Å². The molecule has 146 valence electrons. The molecule has 0 bridgehead atoms. The van der Waals surface area contributed by atoms with Gasteiger partial charge in [-0.3, -0.25) is 10.3 Å². The molecular weight excluding hydrogens is 362 g/mol. The van der Waals surface area contributed by atoms with E-state index < -0.39 is 0 Å². The zero-order chi connectivity index (χ0) is 20.1. The second kappa shape index (κ2) is 8.38. The number of fused-ring (bicyclic) bond motifs is 1. The van der Waals surface area contributed by atoms with Gasteiger partial charge >= 0.3 is 6.03 Å². The quantitative estimate of drug-likeness (QED) is 0.674. The maximum absolute atomic E-state index is 11.7. The summed E-state index contributed by atoms with van der Waals surface area (Å²) in [6, 6.07) is 6.66. The summed E-state index contributed by atoms with van der Waals surface area (Å²) in [5.74, 6) is 1.90. The first-order chi connectivity index (χ1) is 13.6. The second-order valence-corrected chi connectivity index (χ2v) is 5.69. The fraction of sp³-hybridized carbons (Fsp3) is 0.263. The third-order valence-electron chi connectivity index (χ3n) is 3.95. The Balaban J connectivity index is 2.02. The van der Waals surface area contributed by atoms with Crippen LogP contribution in [0.5, 0.6) is 17.2 Å². The highest BCUT2D eigenvalue weighted by Gasteiger charge is 2.15. The van der Waals surface area contributed by atoms with Crippen molar-refractivity contribution in [3.63, 3.8) is 0 Å². The average Bonchev–Trinajstić information content (AvgIpc) is 2.72. The molecule has 0 radical (unpaired) electrons. The van der Waals surface area contributed by atoms with Gasteiger partial charge in [-0.05, 0) is 31.2 Å². The minimum Gasteiger partial charge on any atom is -0.493 e. The molecule has 0 aliphatic rings. The van der Waals surface area contributed by atoms with E-state index in [1.54, 1.807) is 51.8 Å². The van der Waals surface area contributed by atoms with Crippen molar-refractivity contribution in [1.82, 2.24) is 20.3 Å². The highest BCUT2D eigenvalue weighted by molar-refractivity contribution is 5.89. The van der Waals surface area contributed by atoms with E-state index in [4.69, 9.17) is 14.2 Å². The molecule has 0 unspecified atom stereocenters. The molecule has 28 heavy (non-hydrogen) atoms. The lowest BCUT2D eigenvalue weighted by Gasteiger charge is -2.14. The van der Waals surface area contributed by atoms with Crippen molar-refractivity contribution < 1.29 is 19.0 Å². The van der Waals surface area contributed by atoms with Crippen LogP contribution in [0.15, 0.2) is 30.5 Å². The molecule has 2 amide bonds. The van der Waals surface area contributed by atoms with Crippen LogP contribution in [0.4, 0.5) is 10.6 Å². The Bertz CT molecular complexity index is 984. The Kier molecular flexibility index (Phi) is 5.73. The number of methoxy groups -OCH3 is 3. The van der Waals surface area contributed by atoms with E-state index >= 15 is 0 Å². The fourth-order valence-electron chi connectivity index (χ4n) is 2.66. The van der Waals surface area contributed by atoms with Gasteiger partial charge in [0.2, 0.25) is 5.75 Å². The normalized spacial score (nSPS) is 10.4. The summed E-state index contributed by atoms with van der Waals surface area (Å²) >= 11 is 0. The number of ether oxygens (including phenoxy) is 3. The molecule has 0 fully saturated rings. The first-order valence-corrected chi connectivity index (χ1v) is 8.58. The minimum atomic E-state index is -0.330. The number of rotatable bonds is 6. The molecule has 0 atom stereocenters. The number of carbonyl (C=O) groups excluding carboxylic acids is 1. The van der Waals surface area contributed by atoms with Gasteiger partial charge in [0.1, 0.15) is 11.3 Å². The van der Waals surface area contributed by atoms with Crippen LogP contribution in [0.2, 0.25) is 0 Å². The molecule has 0 aliphatic heterocycles. The second-order valence-electron chi connectivity index (χ2n) is 5.69.